The van der Waals surface area contributed by atoms with Gasteiger partial charge in [-0.1, -0.05) is 30.7 Å². The third-order valence-corrected chi connectivity index (χ3v) is 3.23. The molecule has 2 rings (SSSR count). The molecule has 1 heterocycles. The zero-order valence-electron chi connectivity index (χ0n) is 9.65. The van der Waals surface area contributed by atoms with Crippen molar-refractivity contribution in [1.29, 1.82) is 0 Å². The SMILES string of the molecule is ONCc1ccccc1CN1CCCCC1. The maximum Gasteiger partial charge on any atom is 0.0461 e. The first kappa shape index (κ1) is 11.6. The minimum Gasteiger partial charge on any atom is -0.316 e. The summed E-state index contributed by atoms with van der Waals surface area (Å²) in [6.07, 6.45) is 4.01. The van der Waals surface area contributed by atoms with Crippen LogP contribution in [0.5, 0.6) is 0 Å². The molecule has 0 aliphatic carbocycles. The molecule has 88 valence electrons. The van der Waals surface area contributed by atoms with Gasteiger partial charge in [-0.05, 0) is 37.1 Å². The first-order chi connectivity index (χ1) is 7.90. The van der Waals surface area contributed by atoms with Gasteiger partial charge in [-0.25, -0.2) is 5.48 Å². The molecule has 0 spiro atoms. The quantitative estimate of drug-likeness (QED) is 0.763. The molecular formula is C13H20N2O. The topological polar surface area (TPSA) is 35.5 Å². The smallest absolute Gasteiger partial charge is 0.0461 e. The second-order valence-corrected chi connectivity index (χ2v) is 4.44. The van der Waals surface area contributed by atoms with E-state index in [4.69, 9.17) is 5.21 Å². The highest BCUT2D eigenvalue weighted by atomic mass is 16.5. The summed E-state index contributed by atoms with van der Waals surface area (Å²) in [7, 11) is 0. The van der Waals surface area contributed by atoms with Crippen molar-refractivity contribution in [3.05, 3.63) is 35.4 Å². The summed E-state index contributed by atoms with van der Waals surface area (Å²) in [6, 6.07) is 8.32. The van der Waals surface area contributed by atoms with Gasteiger partial charge in [0.05, 0.1) is 0 Å². The number of nitrogens with one attached hydrogen (secondary N) is 1. The minimum atomic E-state index is 0.532. The second kappa shape index (κ2) is 5.99. The number of benzene rings is 1. The van der Waals surface area contributed by atoms with Gasteiger partial charge in [0.15, 0.2) is 0 Å². The summed E-state index contributed by atoms with van der Waals surface area (Å²) in [6.45, 7) is 3.96. The maximum atomic E-state index is 8.79. The number of hydrogen-bond acceptors (Lipinski definition) is 3. The lowest BCUT2D eigenvalue weighted by Gasteiger charge is -2.27. The van der Waals surface area contributed by atoms with Crippen molar-refractivity contribution in [3.8, 4) is 0 Å². The van der Waals surface area contributed by atoms with Crippen molar-refractivity contribution in [2.24, 2.45) is 0 Å². The zero-order valence-corrected chi connectivity index (χ0v) is 9.65. The van der Waals surface area contributed by atoms with E-state index >= 15 is 0 Å². The van der Waals surface area contributed by atoms with E-state index in [0.717, 1.165) is 6.54 Å². The van der Waals surface area contributed by atoms with Crippen LogP contribution in [0.3, 0.4) is 0 Å². The Morgan fingerprint density at radius 2 is 1.75 bits per heavy atom. The summed E-state index contributed by atoms with van der Waals surface area (Å²) < 4.78 is 0. The molecule has 0 unspecified atom stereocenters. The maximum absolute atomic E-state index is 8.79. The summed E-state index contributed by atoms with van der Waals surface area (Å²) in [5.74, 6) is 0. The van der Waals surface area contributed by atoms with E-state index in [0.29, 0.717) is 6.54 Å². The molecule has 3 heteroatoms. The Morgan fingerprint density at radius 3 is 2.44 bits per heavy atom. The molecule has 1 saturated heterocycles. The van der Waals surface area contributed by atoms with Crippen LogP contribution in [-0.2, 0) is 13.1 Å². The molecular weight excluding hydrogens is 200 g/mol. The Bertz CT molecular complexity index is 321. The highest BCUT2D eigenvalue weighted by Gasteiger charge is 2.11. The van der Waals surface area contributed by atoms with E-state index in [1.54, 1.807) is 0 Å². The Hall–Kier alpha value is -0.900. The molecule has 16 heavy (non-hydrogen) atoms. The van der Waals surface area contributed by atoms with E-state index < -0.39 is 0 Å². The fraction of sp³-hybridized carbons (Fsp3) is 0.538. The van der Waals surface area contributed by atoms with Gasteiger partial charge in [0.2, 0.25) is 0 Å². The summed E-state index contributed by atoms with van der Waals surface area (Å²) in [4.78, 5) is 2.50. The third kappa shape index (κ3) is 3.04. The Balaban J connectivity index is 2.01. The largest absolute Gasteiger partial charge is 0.316 e. The minimum absolute atomic E-state index is 0.532. The van der Waals surface area contributed by atoms with Crippen LogP contribution in [0.25, 0.3) is 0 Å². The molecule has 1 aromatic rings. The van der Waals surface area contributed by atoms with Crippen LogP contribution in [0.4, 0.5) is 0 Å². The van der Waals surface area contributed by atoms with E-state index in [1.165, 1.54) is 43.5 Å². The van der Waals surface area contributed by atoms with Crippen molar-refractivity contribution in [2.75, 3.05) is 13.1 Å². The lowest BCUT2D eigenvalue weighted by molar-refractivity contribution is 0.160. The summed E-state index contributed by atoms with van der Waals surface area (Å²) >= 11 is 0. The normalized spacial score (nSPS) is 17.6. The van der Waals surface area contributed by atoms with Crippen LogP contribution in [0.15, 0.2) is 24.3 Å². The molecule has 0 aromatic heterocycles. The van der Waals surface area contributed by atoms with Crippen molar-refractivity contribution >= 4 is 0 Å². The zero-order chi connectivity index (χ0) is 11.2. The lowest BCUT2D eigenvalue weighted by atomic mass is 10.1. The predicted molar refractivity (Wildman–Crippen MR) is 64.2 cm³/mol. The number of hydrogen-bond donors (Lipinski definition) is 2. The monoisotopic (exact) mass is 220 g/mol. The number of hydroxylamine groups is 1. The number of rotatable bonds is 4. The standard InChI is InChI=1S/C13H20N2O/c16-14-10-12-6-2-3-7-13(12)11-15-8-4-1-5-9-15/h2-3,6-7,14,16H,1,4-5,8-11H2. The number of piperidine rings is 1. The van der Waals surface area contributed by atoms with Crippen LogP contribution in [0, 0.1) is 0 Å². The molecule has 0 atom stereocenters. The van der Waals surface area contributed by atoms with Gasteiger partial charge in [-0.15, -0.1) is 0 Å². The molecule has 1 aromatic carbocycles. The Kier molecular flexibility index (Phi) is 4.34. The average Bonchev–Trinajstić information content (AvgIpc) is 2.33. The van der Waals surface area contributed by atoms with E-state index in [2.05, 4.69) is 28.6 Å². The van der Waals surface area contributed by atoms with Crippen LogP contribution in [0.2, 0.25) is 0 Å². The Labute approximate surface area is 97.0 Å². The first-order valence-corrected chi connectivity index (χ1v) is 6.06. The van der Waals surface area contributed by atoms with Gasteiger partial charge in [-0.2, -0.15) is 0 Å². The van der Waals surface area contributed by atoms with Gasteiger partial charge in [0.1, 0.15) is 0 Å². The second-order valence-electron chi connectivity index (χ2n) is 4.44. The number of likely N-dealkylation sites (tertiary alicyclic amines) is 1. The van der Waals surface area contributed by atoms with Crippen LogP contribution >= 0.6 is 0 Å². The number of nitrogens with zero attached hydrogens (tertiary/aromatic N) is 1. The van der Waals surface area contributed by atoms with Crippen LogP contribution < -0.4 is 5.48 Å². The summed E-state index contributed by atoms with van der Waals surface area (Å²) in [5.41, 5.74) is 4.76. The molecule has 3 nitrogen and oxygen atoms in total. The van der Waals surface area contributed by atoms with E-state index in [1.807, 2.05) is 6.07 Å². The molecule has 0 saturated carbocycles. The van der Waals surface area contributed by atoms with Crippen molar-refractivity contribution in [3.63, 3.8) is 0 Å². The van der Waals surface area contributed by atoms with Crippen LogP contribution in [0.1, 0.15) is 30.4 Å². The average molecular weight is 220 g/mol. The molecule has 0 radical (unpaired) electrons. The van der Waals surface area contributed by atoms with Crippen molar-refractivity contribution < 1.29 is 5.21 Å². The highest BCUT2D eigenvalue weighted by Crippen LogP contribution is 2.15. The molecule has 1 aliphatic rings. The first-order valence-electron chi connectivity index (χ1n) is 6.06. The molecule has 1 aliphatic heterocycles. The van der Waals surface area contributed by atoms with Crippen molar-refractivity contribution in [2.45, 2.75) is 32.4 Å². The fourth-order valence-electron chi connectivity index (χ4n) is 2.33. The lowest BCUT2D eigenvalue weighted by Crippen LogP contribution is -2.29. The molecule has 0 bridgehead atoms. The van der Waals surface area contributed by atoms with Gasteiger partial charge < -0.3 is 5.21 Å². The van der Waals surface area contributed by atoms with Gasteiger partial charge >= 0.3 is 0 Å². The van der Waals surface area contributed by atoms with E-state index in [9.17, 15) is 0 Å². The Morgan fingerprint density at radius 1 is 1.06 bits per heavy atom. The predicted octanol–water partition coefficient (Wildman–Crippen LogP) is 2.15. The molecule has 0 amide bonds. The third-order valence-electron chi connectivity index (χ3n) is 3.23. The van der Waals surface area contributed by atoms with Gasteiger partial charge in [0, 0.05) is 13.1 Å². The summed E-state index contributed by atoms with van der Waals surface area (Å²) in [5, 5.41) is 8.79. The fourth-order valence-corrected chi connectivity index (χ4v) is 2.33. The van der Waals surface area contributed by atoms with E-state index in [-0.39, 0.29) is 0 Å². The van der Waals surface area contributed by atoms with Crippen molar-refractivity contribution in [1.82, 2.24) is 10.4 Å². The van der Waals surface area contributed by atoms with Gasteiger partial charge in [-0.3, -0.25) is 4.90 Å². The molecule has 2 N–H and O–H groups in total. The highest BCUT2D eigenvalue weighted by molar-refractivity contribution is 5.26. The van der Waals surface area contributed by atoms with Gasteiger partial charge in [0.25, 0.3) is 0 Å². The molecule has 1 fully saturated rings. The van der Waals surface area contributed by atoms with Crippen LogP contribution in [-0.4, -0.2) is 23.2 Å².